The fourth-order valence-electron chi connectivity index (χ4n) is 3.65. The number of aryl methyl sites for hydroxylation is 1. The lowest BCUT2D eigenvalue weighted by molar-refractivity contribution is -0.126. The number of likely N-dealkylation sites (tertiary alicyclic amines) is 1. The van der Waals surface area contributed by atoms with E-state index in [1.807, 2.05) is 12.1 Å². The Morgan fingerprint density at radius 1 is 1.21 bits per heavy atom. The van der Waals surface area contributed by atoms with E-state index < -0.39 is 0 Å². The average molecular weight is 451 g/mol. The molecule has 29 heavy (non-hydrogen) atoms. The van der Waals surface area contributed by atoms with E-state index in [2.05, 4.69) is 41.4 Å². The summed E-state index contributed by atoms with van der Waals surface area (Å²) in [5.41, 5.74) is 3.74. The standard InChI is InChI=1S/C23H28Cl2N2OS/c1-17-5-2-3-6-18(17)14-27-11-4-7-19(15-27)23(28)26-10-12-29-16-20-8-9-21(24)13-22(20)25/h2-3,5-6,8-9,13,19H,4,7,10-12,14-16H2,1H3,(H,26,28). The van der Waals surface area contributed by atoms with Gasteiger partial charge in [0.2, 0.25) is 5.91 Å². The van der Waals surface area contributed by atoms with Crippen molar-refractivity contribution in [1.82, 2.24) is 10.2 Å². The summed E-state index contributed by atoms with van der Waals surface area (Å²) in [4.78, 5) is 15.0. The van der Waals surface area contributed by atoms with Gasteiger partial charge in [-0.2, -0.15) is 11.8 Å². The Kier molecular flexibility index (Phi) is 8.73. The molecule has 0 saturated carbocycles. The summed E-state index contributed by atoms with van der Waals surface area (Å²) in [5.74, 6) is 1.96. The van der Waals surface area contributed by atoms with Crippen LogP contribution in [0.1, 0.15) is 29.5 Å². The number of carbonyl (C=O) groups excluding carboxylic acids is 1. The predicted molar refractivity (Wildman–Crippen MR) is 125 cm³/mol. The Bertz CT molecular complexity index is 830. The molecule has 0 spiro atoms. The minimum atomic E-state index is 0.0866. The first-order valence-corrected chi connectivity index (χ1v) is 12.0. The van der Waals surface area contributed by atoms with Crippen molar-refractivity contribution in [3.63, 3.8) is 0 Å². The summed E-state index contributed by atoms with van der Waals surface area (Å²) in [5, 5.41) is 4.47. The third-order valence-corrected chi connectivity index (χ3v) is 6.94. The topological polar surface area (TPSA) is 32.3 Å². The highest BCUT2D eigenvalue weighted by atomic mass is 35.5. The van der Waals surface area contributed by atoms with Crippen LogP contribution in [0.5, 0.6) is 0 Å². The van der Waals surface area contributed by atoms with Crippen molar-refractivity contribution in [1.29, 1.82) is 0 Å². The zero-order valence-electron chi connectivity index (χ0n) is 16.8. The maximum Gasteiger partial charge on any atom is 0.224 e. The van der Waals surface area contributed by atoms with Crippen molar-refractivity contribution in [3.05, 3.63) is 69.2 Å². The van der Waals surface area contributed by atoms with Gasteiger partial charge in [-0.1, -0.05) is 53.5 Å². The summed E-state index contributed by atoms with van der Waals surface area (Å²) < 4.78 is 0. The molecule has 0 bridgehead atoms. The van der Waals surface area contributed by atoms with Crippen molar-refractivity contribution in [2.45, 2.75) is 32.1 Å². The molecule has 1 amide bonds. The van der Waals surface area contributed by atoms with Crippen LogP contribution >= 0.6 is 35.0 Å². The fraction of sp³-hybridized carbons (Fsp3) is 0.435. The Morgan fingerprint density at radius 3 is 2.83 bits per heavy atom. The second kappa shape index (κ2) is 11.3. The highest BCUT2D eigenvalue weighted by Gasteiger charge is 2.25. The van der Waals surface area contributed by atoms with E-state index in [9.17, 15) is 4.79 Å². The van der Waals surface area contributed by atoms with Crippen LogP contribution in [0, 0.1) is 12.8 Å². The average Bonchev–Trinajstić information content (AvgIpc) is 2.71. The molecule has 2 aromatic carbocycles. The number of hydrogen-bond donors (Lipinski definition) is 1. The van der Waals surface area contributed by atoms with Crippen LogP contribution < -0.4 is 5.32 Å². The number of hydrogen-bond acceptors (Lipinski definition) is 3. The Labute approximate surface area is 188 Å². The highest BCUT2D eigenvalue weighted by molar-refractivity contribution is 7.98. The van der Waals surface area contributed by atoms with Gasteiger partial charge in [-0.05, 0) is 55.1 Å². The van der Waals surface area contributed by atoms with E-state index in [1.165, 1.54) is 11.1 Å². The van der Waals surface area contributed by atoms with Gasteiger partial charge in [-0.3, -0.25) is 9.69 Å². The highest BCUT2D eigenvalue weighted by Crippen LogP contribution is 2.24. The first-order chi connectivity index (χ1) is 14.0. The molecule has 1 fully saturated rings. The van der Waals surface area contributed by atoms with Gasteiger partial charge in [0.1, 0.15) is 0 Å². The van der Waals surface area contributed by atoms with Gasteiger partial charge < -0.3 is 5.32 Å². The molecule has 0 aromatic heterocycles. The molecule has 1 atom stereocenters. The second-order valence-electron chi connectivity index (χ2n) is 7.58. The first kappa shape index (κ1) is 22.5. The summed E-state index contributed by atoms with van der Waals surface area (Å²) in [7, 11) is 0. The Balaban J connectivity index is 1.38. The van der Waals surface area contributed by atoms with E-state index in [-0.39, 0.29) is 11.8 Å². The monoisotopic (exact) mass is 450 g/mol. The van der Waals surface area contributed by atoms with Crippen LogP contribution in [-0.4, -0.2) is 36.2 Å². The lowest BCUT2D eigenvalue weighted by atomic mass is 9.96. The third kappa shape index (κ3) is 6.92. The van der Waals surface area contributed by atoms with Gasteiger partial charge in [-0.15, -0.1) is 0 Å². The number of benzene rings is 2. The smallest absolute Gasteiger partial charge is 0.224 e. The maximum absolute atomic E-state index is 12.6. The molecule has 0 aliphatic carbocycles. The first-order valence-electron chi connectivity index (χ1n) is 10.1. The molecule has 1 N–H and O–H groups in total. The van der Waals surface area contributed by atoms with Gasteiger partial charge >= 0.3 is 0 Å². The van der Waals surface area contributed by atoms with E-state index in [4.69, 9.17) is 23.2 Å². The van der Waals surface area contributed by atoms with Crippen LogP contribution in [0.15, 0.2) is 42.5 Å². The SMILES string of the molecule is Cc1ccccc1CN1CCCC(C(=O)NCCSCc2ccc(Cl)cc2Cl)C1. The largest absolute Gasteiger partial charge is 0.355 e. The number of rotatable bonds is 8. The molecule has 0 radical (unpaired) electrons. The summed E-state index contributed by atoms with van der Waals surface area (Å²) in [6.45, 7) is 5.67. The molecule has 156 valence electrons. The van der Waals surface area contributed by atoms with Gasteiger partial charge in [0, 0.05) is 41.2 Å². The molecule has 1 unspecified atom stereocenters. The number of piperidine rings is 1. The van der Waals surface area contributed by atoms with E-state index in [0.29, 0.717) is 16.6 Å². The minimum absolute atomic E-state index is 0.0866. The van der Waals surface area contributed by atoms with Crippen molar-refractivity contribution in [3.8, 4) is 0 Å². The van der Waals surface area contributed by atoms with Crippen molar-refractivity contribution >= 4 is 40.9 Å². The minimum Gasteiger partial charge on any atom is -0.355 e. The van der Waals surface area contributed by atoms with E-state index in [1.54, 1.807) is 17.8 Å². The number of nitrogens with one attached hydrogen (secondary N) is 1. The van der Waals surface area contributed by atoms with Gasteiger partial charge in [0.05, 0.1) is 5.92 Å². The van der Waals surface area contributed by atoms with Gasteiger partial charge in [0.15, 0.2) is 0 Å². The molecule has 1 heterocycles. The van der Waals surface area contributed by atoms with Crippen LogP contribution in [-0.2, 0) is 17.1 Å². The number of carbonyl (C=O) groups is 1. The quantitative estimate of drug-likeness (QED) is 0.533. The molecular weight excluding hydrogens is 423 g/mol. The molecule has 1 saturated heterocycles. The zero-order valence-corrected chi connectivity index (χ0v) is 19.1. The van der Waals surface area contributed by atoms with Crippen molar-refractivity contribution in [2.75, 3.05) is 25.4 Å². The lowest BCUT2D eigenvalue weighted by Crippen LogP contribution is -2.43. The van der Waals surface area contributed by atoms with E-state index in [0.717, 1.165) is 49.5 Å². The summed E-state index contributed by atoms with van der Waals surface area (Å²) in [6.07, 6.45) is 2.05. The zero-order chi connectivity index (χ0) is 20.6. The molecule has 2 aromatic rings. The van der Waals surface area contributed by atoms with Crippen molar-refractivity contribution in [2.24, 2.45) is 5.92 Å². The molecule has 1 aliphatic rings. The molecule has 3 rings (SSSR count). The number of thioether (sulfide) groups is 1. The fourth-order valence-corrected chi connectivity index (χ4v) is 5.07. The normalized spacial score (nSPS) is 17.3. The van der Waals surface area contributed by atoms with Crippen LogP contribution in [0.3, 0.4) is 0 Å². The van der Waals surface area contributed by atoms with Crippen LogP contribution in [0.4, 0.5) is 0 Å². The lowest BCUT2D eigenvalue weighted by Gasteiger charge is -2.32. The van der Waals surface area contributed by atoms with E-state index >= 15 is 0 Å². The van der Waals surface area contributed by atoms with Crippen LogP contribution in [0.2, 0.25) is 10.0 Å². The molecule has 1 aliphatic heterocycles. The summed E-state index contributed by atoms with van der Waals surface area (Å²) >= 11 is 13.9. The molecule has 3 nitrogen and oxygen atoms in total. The second-order valence-corrected chi connectivity index (χ2v) is 9.53. The number of halogens is 2. The Morgan fingerprint density at radius 2 is 2.03 bits per heavy atom. The number of nitrogens with zero attached hydrogens (tertiary/aromatic N) is 1. The van der Waals surface area contributed by atoms with Crippen molar-refractivity contribution < 1.29 is 4.79 Å². The maximum atomic E-state index is 12.6. The van der Waals surface area contributed by atoms with Gasteiger partial charge in [-0.25, -0.2) is 0 Å². The van der Waals surface area contributed by atoms with Gasteiger partial charge in [0.25, 0.3) is 0 Å². The number of amides is 1. The predicted octanol–water partition coefficient (Wildman–Crippen LogP) is 5.56. The summed E-state index contributed by atoms with van der Waals surface area (Å²) in [6, 6.07) is 14.1. The third-order valence-electron chi connectivity index (χ3n) is 5.35. The Hall–Kier alpha value is -1.20. The molecule has 6 heteroatoms. The molecular formula is C23H28Cl2N2OS. The van der Waals surface area contributed by atoms with Crippen LogP contribution in [0.25, 0.3) is 0 Å².